The van der Waals surface area contributed by atoms with Gasteiger partial charge in [0, 0.05) is 24.8 Å². The van der Waals surface area contributed by atoms with Crippen LogP contribution in [0.2, 0.25) is 0 Å². The van der Waals surface area contributed by atoms with Crippen LogP contribution in [-0.2, 0) is 0 Å². The van der Waals surface area contributed by atoms with Crippen molar-refractivity contribution in [3.8, 4) is 0 Å². The zero-order valence-corrected chi connectivity index (χ0v) is 12.8. The third kappa shape index (κ3) is 3.90. The molecule has 2 N–H and O–H groups in total. The van der Waals surface area contributed by atoms with Crippen molar-refractivity contribution in [3.63, 3.8) is 0 Å². The first kappa shape index (κ1) is 15.2. The van der Waals surface area contributed by atoms with Crippen LogP contribution >= 0.6 is 0 Å². The second-order valence-electron chi connectivity index (χ2n) is 5.73. The van der Waals surface area contributed by atoms with Crippen LogP contribution in [0, 0.1) is 13.8 Å². The molecule has 1 aliphatic rings. The maximum atomic E-state index is 12.0. The molecule has 0 amide bonds. The molecule has 1 aromatic rings. The lowest BCUT2D eigenvalue weighted by molar-refractivity contribution is 0.227. The van der Waals surface area contributed by atoms with Gasteiger partial charge in [0.2, 0.25) is 0 Å². The predicted molar refractivity (Wildman–Crippen MR) is 81.0 cm³/mol. The Morgan fingerprint density at radius 1 is 1.30 bits per heavy atom. The Morgan fingerprint density at radius 3 is 2.65 bits per heavy atom. The fourth-order valence-corrected chi connectivity index (χ4v) is 2.97. The molecule has 20 heavy (non-hydrogen) atoms. The molecular formula is C15H26N4O. The van der Waals surface area contributed by atoms with E-state index in [1.54, 1.807) is 0 Å². The van der Waals surface area contributed by atoms with Crippen LogP contribution in [0.5, 0.6) is 0 Å². The first-order valence-electron chi connectivity index (χ1n) is 7.61. The SMILES string of the molecule is Cc1nc(C)c(C(C)NCCN2CCCCC2)c(=O)[nH]1. The van der Waals surface area contributed by atoms with Gasteiger partial charge in [-0.2, -0.15) is 0 Å². The van der Waals surface area contributed by atoms with Crippen LogP contribution in [0.3, 0.4) is 0 Å². The third-order valence-corrected chi connectivity index (χ3v) is 4.02. The molecule has 1 unspecified atom stereocenters. The number of aromatic nitrogens is 2. The zero-order chi connectivity index (χ0) is 14.5. The van der Waals surface area contributed by atoms with Gasteiger partial charge in [0.15, 0.2) is 0 Å². The summed E-state index contributed by atoms with van der Waals surface area (Å²) in [4.78, 5) is 21.6. The van der Waals surface area contributed by atoms with Crippen molar-refractivity contribution in [2.45, 2.75) is 46.1 Å². The number of hydrogen-bond donors (Lipinski definition) is 2. The molecule has 5 heteroatoms. The molecular weight excluding hydrogens is 252 g/mol. The number of hydrogen-bond acceptors (Lipinski definition) is 4. The Bertz CT molecular complexity index is 491. The van der Waals surface area contributed by atoms with Gasteiger partial charge in [-0.3, -0.25) is 4.79 Å². The summed E-state index contributed by atoms with van der Waals surface area (Å²) in [5, 5.41) is 3.45. The monoisotopic (exact) mass is 278 g/mol. The van der Waals surface area contributed by atoms with E-state index in [4.69, 9.17) is 0 Å². The van der Waals surface area contributed by atoms with Gasteiger partial charge < -0.3 is 15.2 Å². The van der Waals surface area contributed by atoms with E-state index < -0.39 is 0 Å². The number of nitrogens with zero attached hydrogens (tertiary/aromatic N) is 2. The molecule has 0 bridgehead atoms. The summed E-state index contributed by atoms with van der Waals surface area (Å²) in [6.45, 7) is 10.1. The highest BCUT2D eigenvalue weighted by atomic mass is 16.1. The van der Waals surface area contributed by atoms with Crippen LogP contribution in [0.25, 0.3) is 0 Å². The van der Waals surface area contributed by atoms with E-state index in [1.165, 1.54) is 32.4 Å². The van der Waals surface area contributed by atoms with Gasteiger partial charge in [-0.25, -0.2) is 4.98 Å². The largest absolute Gasteiger partial charge is 0.310 e. The topological polar surface area (TPSA) is 61.0 Å². The number of likely N-dealkylation sites (tertiary alicyclic amines) is 1. The molecule has 2 heterocycles. The molecule has 0 saturated carbocycles. The lowest BCUT2D eigenvalue weighted by Crippen LogP contribution is -2.37. The van der Waals surface area contributed by atoms with Gasteiger partial charge in [0.05, 0.1) is 5.56 Å². The van der Waals surface area contributed by atoms with Crippen molar-refractivity contribution in [2.75, 3.05) is 26.2 Å². The van der Waals surface area contributed by atoms with Crippen LogP contribution in [-0.4, -0.2) is 41.0 Å². The minimum absolute atomic E-state index is 0.0204. The smallest absolute Gasteiger partial charge is 0.255 e. The van der Waals surface area contributed by atoms with Gasteiger partial charge in [0.25, 0.3) is 5.56 Å². The summed E-state index contributed by atoms with van der Waals surface area (Å²) in [7, 11) is 0. The Labute approximate surface area is 120 Å². The lowest BCUT2D eigenvalue weighted by atomic mass is 10.1. The van der Waals surface area contributed by atoms with E-state index in [-0.39, 0.29) is 11.6 Å². The highest BCUT2D eigenvalue weighted by Crippen LogP contribution is 2.11. The summed E-state index contributed by atoms with van der Waals surface area (Å²) < 4.78 is 0. The number of aryl methyl sites for hydroxylation is 2. The highest BCUT2D eigenvalue weighted by molar-refractivity contribution is 5.19. The molecule has 1 aliphatic heterocycles. The van der Waals surface area contributed by atoms with Crippen LogP contribution in [0.4, 0.5) is 0 Å². The van der Waals surface area contributed by atoms with Crippen molar-refractivity contribution in [1.82, 2.24) is 20.2 Å². The summed E-state index contributed by atoms with van der Waals surface area (Å²) >= 11 is 0. The van der Waals surface area contributed by atoms with E-state index in [0.717, 1.165) is 24.3 Å². The second-order valence-corrected chi connectivity index (χ2v) is 5.73. The van der Waals surface area contributed by atoms with Gasteiger partial charge in [0.1, 0.15) is 5.82 Å². The molecule has 0 radical (unpaired) electrons. The summed E-state index contributed by atoms with van der Waals surface area (Å²) in [5.41, 5.74) is 1.56. The third-order valence-electron chi connectivity index (χ3n) is 4.02. The molecule has 0 aromatic carbocycles. The quantitative estimate of drug-likeness (QED) is 0.857. The van der Waals surface area contributed by atoms with Crippen LogP contribution in [0.1, 0.15) is 49.3 Å². The summed E-state index contributed by atoms with van der Waals surface area (Å²) in [5.74, 6) is 0.678. The Kier molecular flexibility index (Phi) is 5.31. The Morgan fingerprint density at radius 2 is 2.00 bits per heavy atom. The fraction of sp³-hybridized carbons (Fsp3) is 0.733. The first-order valence-corrected chi connectivity index (χ1v) is 7.61. The van der Waals surface area contributed by atoms with Crippen LogP contribution < -0.4 is 10.9 Å². The van der Waals surface area contributed by atoms with E-state index in [9.17, 15) is 4.79 Å². The molecule has 5 nitrogen and oxygen atoms in total. The van der Waals surface area contributed by atoms with Gasteiger partial charge in [-0.15, -0.1) is 0 Å². The molecule has 0 aliphatic carbocycles. The van der Waals surface area contributed by atoms with Crippen molar-refractivity contribution in [2.24, 2.45) is 0 Å². The number of piperidine rings is 1. The standard InChI is InChI=1S/C15H26N4O/c1-11(14-12(2)17-13(3)18-15(14)20)16-7-10-19-8-5-4-6-9-19/h11,16H,4-10H2,1-3H3,(H,17,18,20). The van der Waals surface area contributed by atoms with Gasteiger partial charge >= 0.3 is 0 Å². The van der Waals surface area contributed by atoms with Crippen molar-refractivity contribution >= 4 is 0 Å². The van der Waals surface area contributed by atoms with Crippen molar-refractivity contribution < 1.29 is 0 Å². The molecule has 2 rings (SSSR count). The normalized spacial score (nSPS) is 18.1. The van der Waals surface area contributed by atoms with E-state index >= 15 is 0 Å². The molecule has 112 valence electrons. The molecule has 1 atom stereocenters. The summed E-state index contributed by atoms with van der Waals surface area (Å²) in [6.07, 6.45) is 4.00. The lowest BCUT2D eigenvalue weighted by Gasteiger charge is -2.27. The molecule has 1 saturated heterocycles. The van der Waals surface area contributed by atoms with E-state index in [0.29, 0.717) is 5.82 Å². The zero-order valence-electron chi connectivity index (χ0n) is 12.8. The average molecular weight is 278 g/mol. The number of rotatable bonds is 5. The molecule has 0 spiro atoms. The average Bonchev–Trinajstić information content (AvgIpc) is 2.38. The highest BCUT2D eigenvalue weighted by Gasteiger charge is 2.15. The Hall–Kier alpha value is -1.20. The minimum atomic E-state index is -0.0204. The van der Waals surface area contributed by atoms with Gasteiger partial charge in [-0.05, 0) is 46.7 Å². The number of H-pyrrole nitrogens is 1. The van der Waals surface area contributed by atoms with Crippen molar-refractivity contribution in [1.29, 1.82) is 0 Å². The number of aromatic amines is 1. The predicted octanol–water partition coefficient (Wildman–Crippen LogP) is 1.52. The van der Waals surface area contributed by atoms with Gasteiger partial charge in [-0.1, -0.05) is 6.42 Å². The Balaban J connectivity index is 1.88. The fourth-order valence-electron chi connectivity index (χ4n) is 2.97. The minimum Gasteiger partial charge on any atom is -0.310 e. The van der Waals surface area contributed by atoms with Crippen molar-refractivity contribution in [3.05, 3.63) is 27.4 Å². The van der Waals surface area contributed by atoms with E-state index in [1.807, 2.05) is 20.8 Å². The maximum Gasteiger partial charge on any atom is 0.255 e. The second kappa shape index (κ2) is 6.99. The number of nitrogens with one attached hydrogen (secondary N) is 2. The summed E-state index contributed by atoms with van der Waals surface area (Å²) in [6, 6.07) is 0.0386. The maximum absolute atomic E-state index is 12.0. The van der Waals surface area contributed by atoms with E-state index in [2.05, 4.69) is 20.2 Å². The first-order chi connectivity index (χ1) is 9.58. The molecule has 1 fully saturated rings. The van der Waals surface area contributed by atoms with Crippen LogP contribution in [0.15, 0.2) is 4.79 Å². The molecule has 1 aromatic heterocycles.